The summed E-state index contributed by atoms with van der Waals surface area (Å²) in [6.45, 7) is 72.5. The van der Waals surface area contributed by atoms with Crippen molar-refractivity contribution in [1.29, 1.82) is 0 Å². The average molecular weight is 931 g/mol. The second-order valence-corrected chi connectivity index (χ2v) is 23.4. The normalized spacial score (nSPS) is 19.2. The molecule has 65 heavy (non-hydrogen) atoms. The highest BCUT2D eigenvalue weighted by atomic mass is 16.5. The summed E-state index contributed by atoms with van der Waals surface area (Å²) in [6, 6.07) is 4.41. The number of likely N-dealkylation sites (N-methyl/N-ethyl adjacent to an activating group) is 1. The number of hydrogen-bond donors (Lipinski definition) is 0. The fourth-order valence-electron chi connectivity index (χ4n) is 6.90. The van der Waals surface area contributed by atoms with Gasteiger partial charge in [0.15, 0.2) is 0 Å². The van der Waals surface area contributed by atoms with Gasteiger partial charge in [0.1, 0.15) is 0 Å². The van der Waals surface area contributed by atoms with E-state index in [-0.39, 0.29) is 7.43 Å². The monoisotopic (exact) mass is 930 g/mol. The number of rotatable bonds is 6. The molecule has 8 nitrogen and oxygen atoms in total. The molecule has 5 fully saturated rings. The lowest BCUT2D eigenvalue weighted by molar-refractivity contribution is 0.0238. The molecule has 0 aromatic rings. The van der Waals surface area contributed by atoms with Crippen LogP contribution in [0.15, 0.2) is 0 Å². The fourth-order valence-corrected chi connectivity index (χ4v) is 6.90. The Morgan fingerprint density at radius 1 is 0.246 bits per heavy atom. The molecule has 5 rings (SSSR count). The van der Waals surface area contributed by atoms with E-state index in [0.717, 1.165) is 80.2 Å². The van der Waals surface area contributed by atoms with Crippen LogP contribution in [-0.2, 0) is 4.74 Å². The number of morpholine rings is 1. The van der Waals surface area contributed by atoms with Crippen molar-refractivity contribution in [2.24, 2.45) is 23.7 Å². The van der Waals surface area contributed by atoms with E-state index in [2.05, 4.69) is 208 Å². The molecule has 0 aromatic heterocycles. The largest absolute Gasteiger partial charge is 0.379 e. The van der Waals surface area contributed by atoms with Gasteiger partial charge in [-0.05, 0) is 166 Å². The van der Waals surface area contributed by atoms with Crippen LogP contribution in [0, 0.1) is 23.7 Å². The van der Waals surface area contributed by atoms with Crippen molar-refractivity contribution in [2.45, 2.75) is 242 Å². The zero-order chi connectivity index (χ0) is 50.4. The van der Waals surface area contributed by atoms with Gasteiger partial charge >= 0.3 is 0 Å². The lowest BCUT2D eigenvalue weighted by Crippen LogP contribution is -2.50. The number of likely N-dealkylation sites (tertiary alicyclic amines) is 2. The van der Waals surface area contributed by atoms with Crippen molar-refractivity contribution >= 4 is 0 Å². The Bertz CT molecular complexity index is 816. The number of piperazine rings is 2. The quantitative estimate of drug-likeness (QED) is 0.260. The van der Waals surface area contributed by atoms with Crippen molar-refractivity contribution in [3.05, 3.63) is 0 Å². The van der Waals surface area contributed by atoms with Gasteiger partial charge in [0.25, 0.3) is 0 Å². The van der Waals surface area contributed by atoms with Crippen LogP contribution in [0.1, 0.15) is 206 Å². The molecule has 0 N–H and O–H groups in total. The standard InChI is InChI=1S/C10H22N2.C8H18N2.C8H17N.C7H15NO.C7H15N.4C4H10.CH4/c1-9(2)11-5-7-12(8-6-11)10(3)4;1-8(2)10-6-4-9(3)5-7-10;1-8(2)9-6-4-3-5-7-9;1-7(2)8-3-5-9-6-4-8;1-7(2)8-5-3-4-6-8;4*1-4(2)3;/h9-10H,5-8H2,1-4H3;8H,4-7H2,1-3H3;8H,3-7H2,1-2H3;7H,3-6H2,1-2H3;7H,3-6H2,1-2H3;4*4H,1-3H3;1H4. The second-order valence-electron chi connectivity index (χ2n) is 23.4. The molecule has 0 atom stereocenters. The first-order valence-corrected chi connectivity index (χ1v) is 27.4. The molecular formula is C57H131N7O. The van der Waals surface area contributed by atoms with Crippen LogP contribution in [0.4, 0.5) is 0 Å². The molecule has 0 spiro atoms. The van der Waals surface area contributed by atoms with E-state index in [1.165, 1.54) is 111 Å². The second kappa shape index (κ2) is 47.4. The third kappa shape index (κ3) is 54.5. The maximum Gasteiger partial charge on any atom is 0.0594 e. The third-order valence-corrected chi connectivity index (χ3v) is 10.8. The molecule has 0 saturated carbocycles. The van der Waals surface area contributed by atoms with Gasteiger partial charge in [0.05, 0.1) is 13.2 Å². The van der Waals surface area contributed by atoms with Crippen LogP contribution < -0.4 is 0 Å². The Labute approximate surface area is 415 Å². The van der Waals surface area contributed by atoms with Crippen LogP contribution in [-0.4, -0.2) is 182 Å². The highest BCUT2D eigenvalue weighted by Crippen LogP contribution is 2.12. The van der Waals surface area contributed by atoms with Gasteiger partial charge < -0.3 is 19.4 Å². The van der Waals surface area contributed by atoms with E-state index in [0.29, 0.717) is 6.04 Å². The molecule has 0 aromatic carbocycles. The minimum Gasteiger partial charge on any atom is -0.379 e. The van der Waals surface area contributed by atoms with E-state index in [4.69, 9.17) is 4.74 Å². The molecule has 0 amide bonds. The Hall–Kier alpha value is -0.320. The topological polar surface area (TPSA) is 31.9 Å². The van der Waals surface area contributed by atoms with Crippen molar-refractivity contribution in [2.75, 3.05) is 112 Å². The first-order chi connectivity index (χ1) is 29.6. The molecule has 8 heteroatoms. The lowest BCUT2D eigenvalue weighted by atomic mass is 10.1. The SMILES string of the molecule is C.CC(C)C.CC(C)C.CC(C)C.CC(C)C.CC(C)N1CCCC1.CC(C)N1CCCCC1.CC(C)N1CCN(C(C)C)CC1.CC(C)N1CCN(C)CC1.CC(C)N1CCOCC1. The van der Waals surface area contributed by atoms with Crippen molar-refractivity contribution in [1.82, 2.24) is 34.3 Å². The Kier molecular flexibility index (Phi) is 53.7. The summed E-state index contributed by atoms with van der Waals surface area (Å²) in [4.78, 5) is 17.5. The zero-order valence-corrected chi connectivity index (χ0v) is 49.2. The maximum absolute atomic E-state index is 5.21. The number of hydrogen-bond acceptors (Lipinski definition) is 8. The van der Waals surface area contributed by atoms with E-state index >= 15 is 0 Å². The lowest BCUT2D eigenvalue weighted by Gasteiger charge is -2.38. The highest BCUT2D eigenvalue weighted by molar-refractivity contribution is 4.76. The summed E-state index contributed by atoms with van der Waals surface area (Å²) in [5.41, 5.74) is 0. The highest BCUT2D eigenvalue weighted by Gasteiger charge is 2.20. The maximum atomic E-state index is 5.21. The summed E-state index contributed by atoms with van der Waals surface area (Å²) in [5, 5.41) is 0. The Balaban J connectivity index is -0.000000213. The van der Waals surface area contributed by atoms with Crippen molar-refractivity contribution in [3.8, 4) is 0 Å². The van der Waals surface area contributed by atoms with Crippen LogP contribution in [0.3, 0.4) is 0 Å². The number of ether oxygens (including phenoxy) is 1. The summed E-state index contributed by atoms with van der Waals surface area (Å²) in [6.07, 6.45) is 7.11. The predicted octanol–water partition coefficient (Wildman–Crippen LogP) is 13.4. The molecule has 5 aliphatic heterocycles. The summed E-state index contributed by atoms with van der Waals surface area (Å²) >= 11 is 0. The van der Waals surface area contributed by atoms with Crippen LogP contribution in [0.25, 0.3) is 0 Å². The van der Waals surface area contributed by atoms with E-state index in [1.54, 1.807) is 0 Å². The molecule has 0 aliphatic carbocycles. The van der Waals surface area contributed by atoms with E-state index in [9.17, 15) is 0 Å². The first kappa shape index (κ1) is 73.6. The van der Waals surface area contributed by atoms with Gasteiger partial charge in [-0.25, -0.2) is 0 Å². The van der Waals surface area contributed by atoms with Crippen LogP contribution in [0.2, 0.25) is 0 Å². The molecular weight excluding hydrogens is 799 g/mol. The smallest absolute Gasteiger partial charge is 0.0594 e. The van der Waals surface area contributed by atoms with E-state index < -0.39 is 0 Å². The molecule has 0 bridgehead atoms. The molecule has 5 aliphatic rings. The van der Waals surface area contributed by atoms with Crippen LogP contribution in [0.5, 0.6) is 0 Å². The van der Waals surface area contributed by atoms with Gasteiger partial charge in [-0.2, -0.15) is 0 Å². The first-order valence-electron chi connectivity index (χ1n) is 27.4. The van der Waals surface area contributed by atoms with Crippen LogP contribution >= 0.6 is 0 Å². The zero-order valence-electron chi connectivity index (χ0n) is 49.2. The number of piperidine rings is 1. The average Bonchev–Trinajstić information content (AvgIpc) is 3.75. The van der Waals surface area contributed by atoms with E-state index in [1.807, 2.05) is 0 Å². The Morgan fingerprint density at radius 3 is 0.600 bits per heavy atom. The number of nitrogens with zero attached hydrogens (tertiary/aromatic N) is 7. The van der Waals surface area contributed by atoms with Gasteiger partial charge in [-0.3, -0.25) is 19.6 Å². The minimum atomic E-state index is 0. The summed E-state index contributed by atoms with van der Waals surface area (Å²) < 4.78 is 5.21. The van der Waals surface area contributed by atoms with Gasteiger partial charge in [0, 0.05) is 102 Å². The van der Waals surface area contributed by atoms with Gasteiger partial charge in [-0.15, -0.1) is 0 Å². The fraction of sp³-hybridized carbons (Fsp3) is 1.00. The van der Waals surface area contributed by atoms with Crippen molar-refractivity contribution < 1.29 is 4.74 Å². The minimum absolute atomic E-state index is 0. The Morgan fingerprint density at radius 2 is 0.415 bits per heavy atom. The summed E-state index contributed by atoms with van der Waals surface area (Å²) in [7, 11) is 2.19. The third-order valence-electron chi connectivity index (χ3n) is 10.8. The van der Waals surface area contributed by atoms with Crippen molar-refractivity contribution in [3.63, 3.8) is 0 Å². The van der Waals surface area contributed by atoms with Gasteiger partial charge in [0.2, 0.25) is 0 Å². The molecule has 0 radical (unpaired) electrons. The molecule has 5 saturated heterocycles. The molecule has 0 unspecified atom stereocenters. The molecule has 5 heterocycles. The summed E-state index contributed by atoms with van der Waals surface area (Å²) in [5.74, 6) is 3.33. The molecule has 400 valence electrons. The van der Waals surface area contributed by atoms with Gasteiger partial charge in [-0.1, -0.05) is 96.9 Å². The predicted molar refractivity (Wildman–Crippen MR) is 300 cm³/mol.